The van der Waals surface area contributed by atoms with Crippen molar-refractivity contribution in [3.63, 3.8) is 0 Å². The molecular formula is C22H32LiO4. The van der Waals surface area contributed by atoms with E-state index in [1.54, 1.807) is 6.08 Å². The van der Waals surface area contributed by atoms with Crippen LogP contribution in [0, 0.1) is 0 Å². The predicted molar refractivity (Wildman–Crippen MR) is 112 cm³/mol. The normalized spacial score (nSPS) is 13.6. The van der Waals surface area contributed by atoms with Crippen molar-refractivity contribution in [3.8, 4) is 0 Å². The Morgan fingerprint density at radius 1 is 1.07 bits per heavy atom. The Bertz CT molecular complexity index is 566. The van der Waals surface area contributed by atoms with Gasteiger partial charge in [0.2, 0.25) is 0 Å². The van der Waals surface area contributed by atoms with E-state index in [1.807, 2.05) is 36.4 Å². The SMILES string of the molecule is CCCCC/C=C/CC(O)c1ccc(/C=C/C(O)CCCC(=O)O)cc1.[Li]. The largest absolute Gasteiger partial charge is 0.481 e. The number of unbranched alkanes of at least 4 members (excludes halogenated alkanes) is 3. The molecule has 0 aromatic heterocycles. The van der Waals surface area contributed by atoms with Crippen molar-refractivity contribution in [2.75, 3.05) is 0 Å². The number of allylic oxidation sites excluding steroid dienone is 1. The predicted octanol–water partition coefficient (Wildman–Crippen LogP) is 4.49. The molecule has 145 valence electrons. The number of rotatable bonds is 13. The molecule has 0 heterocycles. The van der Waals surface area contributed by atoms with Gasteiger partial charge in [0.25, 0.3) is 0 Å². The fourth-order valence-corrected chi connectivity index (χ4v) is 2.60. The zero-order valence-electron chi connectivity index (χ0n) is 16.7. The van der Waals surface area contributed by atoms with E-state index >= 15 is 0 Å². The molecule has 0 aliphatic heterocycles. The summed E-state index contributed by atoms with van der Waals surface area (Å²) in [4.78, 5) is 10.4. The van der Waals surface area contributed by atoms with Crippen molar-refractivity contribution in [2.45, 2.75) is 70.5 Å². The van der Waals surface area contributed by atoms with Crippen molar-refractivity contribution >= 4 is 30.9 Å². The van der Waals surface area contributed by atoms with Crippen LogP contribution in [0.15, 0.2) is 42.5 Å². The Morgan fingerprint density at radius 2 is 1.78 bits per heavy atom. The molecule has 1 radical (unpaired) electrons. The number of aliphatic carboxylic acids is 1. The van der Waals surface area contributed by atoms with Crippen molar-refractivity contribution < 1.29 is 20.1 Å². The first-order valence-electron chi connectivity index (χ1n) is 9.54. The van der Waals surface area contributed by atoms with Crippen LogP contribution in [0.25, 0.3) is 6.08 Å². The smallest absolute Gasteiger partial charge is 0.303 e. The summed E-state index contributed by atoms with van der Waals surface area (Å²) in [7, 11) is 0. The van der Waals surface area contributed by atoms with E-state index in [2.05, 4.69) is 13.0 Å². The van der Waals surface area contributed by atoms with Crippen molar-refractivity contribution in [3.05, 3.63) is 53.6 Å². The number of aliphatic hydroxyl groups is 2. The van der Waals surface area contributed by atoms with E-state index in [9.17, 15) is 15.0 Å². The third-order valence-corrected chi connectivity index (χ3v) is 4.22. The van der Waals surface area contributed by atoms with Crippen molar-refractivity contribution in [1.29, 1.82) is 0 Å². The first-order valence-corrected chi connectivity index (χ1v) is 9.54. The minimum absolute atomic E-state index is 0. The molecule has 4 nitrogen and oxygen atoms in total. The summed E-state index contributed by atoms with van der Waals surface area (Å²) in [6.07, 6.45) is 12.8. The van der Waals surface area contributed by atoms with Gasteiger partial charge in [0.15, 0.2) is 0 Å². The first-order chi connectivity index (χ1) is 12.5. The summed E-state index contributed by atoms with van der Waals surface area (Å²) in [5, 5.41) is 28.6. The number of carboxylic acids is 1. The van der Waals surface area contributed by atoms with Gasteiger partial charge in [-0.2, -0.15) is 0 Å². The van der Waals surface area contributed by atoms with Gasteiger partial charge in [0.1, 0.15) is 0 Å². The van der Waals surface area contributed by atoms with Crippen LogP contribution in [0.3, 0.4) is 0 Å². The molecule has 1 aromatic rings. The Labute approximate surface area is 175 Å². The van der Waals surface area contributed by atoms with Gasteiger partial charge in [-0.1, -0.05) is 68.3 Å². The molecule has 0 spiro atoms. The monoisotopic (exact) mass is 367 g/mol. The van der Waals surface area contributed by atoms with Crippen molar-refractivity contribution in [1.82, 2.24) is 0 Å². The van der Waals surface area contributed by atoms with Gasteiger partial charge in [0.05, 0.1) is 12.2 Å². The quantitative estimate of drug-likeness (QED) is 0.273. The van der Waals surface area contributed by atoms with Crippen LogP contribution in [-0.4, -0.2) is 46.3 Å². The van der Waals surface area contributed by atoms with Gasteiger partial charge in [-0.05, 0) is 43.2 Å². The number of hydrogen-bond acceptors (Lipinski definition) is 3. The molecule has 0 aliphatic rings. The number of carbonyl (C=O) groups is 1. The fourth-order valence-electron chi connectivity index (χ4n) is 2.60. The minimum atomic E-state index is -0.842. The van der Waals surface area contributed by atoms with Gasteiger partial charge < -0.3 is 15.3 Å². The number of hydrogen-bond donors (Lipinski definition) is 3. The zero-order valence-corrected chi connectivity index (χ0v) is 16.7. The molecule has 2 unspecified atom stereocenters. The third kappa shape index (κ3) is 12.7. The van der Waals surface area contributed by atoms with Crippen molar-refractivity contribution in [2.24, 2.45) is 0 Å². The maximum absolute atomic E-state index is 10.4. The number of carboxylic acid groups (broad SMARTS) is 1. The summed E-state index contributed by atoms with van der Waals surface area (Å²) < 4.78 is 0. The molecule has 0 aliphatic carbocycles. The van der Waals surface area contributed by atoms with Gasteiger partial charge in [-0.25, -0.2) is 0 Å². The van der Waals surface area contributed by atoms with Crippen LogP contribution in [-0.2, 0) is 4.79 Å². The van der Waals surface area contributed by atoms with Crippen LogP contribution >= 0.6 is 0 Å². The topological polar surface area (TPSA) is 77.8 Å². The van der Waals surface area contributed by atoms with Crippen LogP contribution in [0.4, 0.5) is 0 Å². The van der Waals surface area contributed by atoms with E-state index in [0.29, 0.717) is 19.3 Å². The van der Waals surface area contributed by atoms with Crippen LogP contribution in [0.5, 0.6) is 0 Å². The second kappa shape index (κ2) is 15.7. The Kier molecular flexibility index (Phi) is 15.0. The molecule has 27 heavy (non-hydrogen) atoms. The molecule has 0 bridgehead atoms. The summed E-state index contributed by atoms with van der Waals surface area (Å²) in [5.41, 5.74) is 1.82. The van der Waals surface area contributed by atoms with E-state index in [0.717, 1.165) is 17.5 Å². The first kappa shape index (κ1) is 25.7. The summed E-state index contributed by atoms with van der Waals surface area (Å²) >= 11 is 0. The minimum Gasteiger partial charge on any atom is -0.481 e. The molecule has 1 aromatic carbocycles. The third-order valence-electron chi connectivity index (χ3n) is 4.22. The van der Waals surface area contributed by atoms with Crippen LogP contribution in [0.1, 0.15) is 75.5 Å². The van der Waals surface area contributed by atoms with Gasteiger partial charge in [0, 0.05) is 25.3 Å². The number of aliphatic hydroxyl groups excluding tert-OH is 2. The van der Waals surface area contributed by atoms with Gasteiger partial charge in [-0.15, -0.1) is 0 Å². The molecule has 2 atom stereocenters. The second-order valence-electron chi connectivity index (χ2n) is 6.60. The van der Waals surface area contributed by atoms with E-state index in [4.69, 9.17) is 5.11 Å². The molecule has 5 heteroatoms. The summed E-state index contributed by atoms with van der Waals surface area (Å²) in [6, 6.07) is 7.60. The van der Waals surface area contributed by atoms with E-state index < -0.39 is 18.2 Å². The standard InChI is InChI=1S/C22H32O4.Li/c1-2-3-4-5-6-7-10-21(24)19-15-12-18(13-16-19)14-17-20(23)9-8-11-22(25)26;/h6-7,12-17,20-21,23-24H,2-5,8-11H2,1H3,(H,25,26);/b7-6+,17-14+;. The molecule has 0 amide bonds. The zero-order chi connectivity index (χ0) is 19.2. The maximum atomic E-state index is 10.4. The molecular weight excluding hydrogens is 335 g/mol. The average molecular weight is 367 g/mol. The fraction of sp³-hybridized carbons (Fsp3) is 0.500. The molecule has 3 N–H and O–H groups in total. The van der Waals surface area contributed by atoms with Gasteiger partial charge in [-0.3, -0.25) is 4.79 Å². The maximum Gasteiger partial charge on any atom is 0.303 e. The Morgan fingerprint density at radius 3 is 2.41 bits per heavy atom. The second-order valence-corrected chi connectivity index (χ2v) is 6.60. The summed E-state index contributed by atoms with van der Waals surface area (Å²) in [6.45, 7) is 2.19. The molecule has 0 fully saturated rings. The van der Waals surface area contributed by atoms with E-state index in [-0.39, 0.29) is 25.3 Å². The summed E-state index contributed by atoms with van der Waals surface area (Å²) in [5.74, 6) is -0.842. The van der Waals surface area contributed by atoms with Crippen LogP contribution < -0.4 is 0 Å². The number of benzene rings is 1. The molecule has 1 rings (SSSR count). The molecule has 0 saturated carbocycles. The average Bonchev–Trinajstić information content (AvgIpc) is 2.63. The molecule has 0 saturated heterocycles. The van der Waals surface area contributed by atoms with Gasteiger partial charge >= 0.3 is 5.97 Å². The van der Waals surface area contributed by atoms with Crippen LogP contribution in [0.2, 0.25) is 0 Å². The van der Waals surface area contributed by atoms with E-state index in [1.165, 1.54) is 19.3 Å². The Balaban J connectivity index is 0.00000676. The Hall–Kier alpha value is -1.31.